The highest BCUT2D eigenvalue weighted by atomic mass is 35.5. The summed E-state index contributed by atoms with van der Waals surface area (Å²) >= 11 is 6.01. The molecule has 252 valence electrons. The number of carbonyl (C=O) groups excluding carboxylic acids is 4. The fourth-order valence-corrected chi connectivity index (χ4v) is 4.35. The third kappa shape index (κ3) is 15.9. The molecular weight excluding hydrogens is 638 g/mol. The second-order valence-corrected chi connectivity index (χ2v) is 10.9. The number of nitrogens with two attached hydrogens (primary N) is 1. The number of alkyl halides is 6. The molecule has 45 heavy (non-hydrogen) atoms. The van der Waals surface area contributed by atoms with Crippen LogP contribution in [0.25, 0.3) is 5.70 Å². The van der Waals surface area contributed by atoms with Gasteiger partial charge in [0.1, 0.15) is 23.8 Å². The zero-order valence-electron chi connectivity index (χ0n) is 24.5. The SMILES string of the molecule is CC(=O)CCCCCC(NC(=O)C1CC[NH+](C)CC1)C1=NC=C(c2ccc(Cl)cc2)[NH2+]1.O=C([O-])C(F)(F)F.O=C([O-])C(F)(F)F. The lowest BCUT2D eigenvalue weighted by atomic mass is 9.95. The van der Waals surface area contributed by atoms with Crippen molar-refractivity contribution in [3.8, 4) is 0 Å². The predicted octanol–water partition coefficient (Wildman–Crippen LogP) is 0.160. The number of benzene rings is 1. The van der Waals surface area contributed by atoms with Crippen molar-refractivity contribution in [2.75, 3.05) is 20.1 Å². The molecule has 0 aliphatic carbocycles. The van der Waals surface area contributed by atoms with Gasteiger partial charge in [-0.1, -0.05) is 24.4 Å². The maximum atomic E-state index is 13.0. The Morgan fingerprint density at radius 1 is 0.978 bits per heavy atom. The van der Waals surface area contributed by atoms with Crippen molar-refractivity contribution in [1.82, 2.24) is 5.32 Å². The zero-order chi connectivity index (χ0) is 34.4. The minimum absolute atomic E-state index is 0.0922. The number of piperidine rings is 1. The smallest absolute Gasteiger partial charge is 0.430 e. The van der Waals surface area contributed by atoms with E-state index >= 15 is 0 Å². The molecule has 0 radical (unpaired) electrons. The second-order valence-electron chi connectivity index (χ2n) is 10.5. The van der Waals surface area contributed by atoms with Crippen LogP contribution in [0.1, 0.15) is 57.4 Å². The van der Waals surface area contributed by atoms with Gasteiger partial charge in [0.15, 0.2) is 5.70 Å². The van der Waals surface area contributed by atoms with Crippen LogP contribution in [0.5, 0.6) is 0 Å². The van der Waals surface area contributed by atoms with Gasteiger partial charge in [-0.15, -0.1) is 0 Å². The van der Waals surface area contributed by atoms with Crippen molar-refractivity contribution in [3.63, 3.8) is 0 Å². The van der Waals surface area contributed by atoms with Gasteiger partial charge in [0.05, 0.1) is 26.3 Å². The number of likely N-dealkylation sites (tertiary alicyclic amines) is 1. The van der Waals surface area contributed by atoms with Crippen LogP contribution >= 0.6 is 11.6 Å². The van der Waals surface area contributed by atoms with Gasteiger partial charge in [0.2, 0.25) is 11.7 Å². The molecule has 2 aliphatic rings. The lowest BCUT2D eigenvalue weighted by molar-refractivity contribution is -0.885. The maximum Gasteiger partial charge on any atom is 0.430 e. The highest BCUT2D eigenvalue weighted by Crippen LogP contribution is 2.17. The largest absolute Gasteiger partial charge is 0.542 e. The number of nitrogens with one attached hydrogen (secondary N) is 2. The first-order valence-corrected chi connectivity index (χ1v) is 14.2. The van der Waals surface area contributed by atoms with Crippen molar-refractivity contribution >= 4 is 46.8 Å². The average Bonchev–Trinajstić information content (AvgIpc) is 3.42. The number of quaternary nitrogens is 2. The number of amidine groups is 1. The van der Waals surface area contributed by atoms with E-state index in [0.717, 1.165) is 68.7 Å². The molecule has 0 spiro atoms. The molecule has 2 aliphatic heterocycles. The number of amides is 1. The Kier molecular flexibility index (Phi) is 16.2. The third-order valence-corrected chi connectivity index (χ3v) is 6.95. The van der Waals surface area contributed by atoms with Crippen LogP contribution in [-0.4, -0.2) is 68.0 Å². The summed E-state index contributed by atoms with van der Waals surface area (Å²) in [6.07, 6.45) is -2.35. The first-order valence-electron chi connectivity index (χ1n) is 13.9. The molecular formula is C28H35ClF6N4O6. The Hall–Kier alpha value is -3.50. The Bertz CT molecular complexity index is 1190. The Balaban J connectivity index is 0.000000601. The number of carboxylic acids is 2. The summed E-state index contributed by atoms with van der Waals surface area (Å²) in [5, 5.41) is 23.6. The summed E-state index contributed by atoms with van der Waals surface area (Å²) < 4.78 is 63.1. The number of nitrogens with zero attached hydrogens (tertiary/aromatic N) is 1. The average molecular weight is 673 g/mol. The van der Waals surface area contributed by atoms with Crippen LogP contribution in [0.4, 0.5) is 26.3 Å². The molecule has 0 aromatic heterocycles. The molecule has 3 rings (SSSR count). The number of aliphatic imine (C=N–C) groups is 1. The Morgan fingerprint density at radius 3 is 1.96 bits per heavy atom. The van der Waals surface area contributed by atoms with Crippen LogP contribution in [0.3, 0.4) is 0 Å². The van der Waals surface area contributed by atoms with Crippen LogP contribution in [0, 0.1) is 5.92 Å². The van der Waals surface area contributed by atoms with Gasteiger partial charge < -0.3 is 34.8 Å². The molecule has 4 N–H and O–H groups in total. The normalized spacial score (nSPS) is 18.6. The van der Waals surface area contributed by atoms with Gasteiger partial charge >= 0.3 is 12.4 Å². The highest BCUT2D eigenvalue weighted by Gasteiger charge is 2.32. The van der Waals surface area contributed by atoms with Crippen molar-refractivity contribution in [2.45, 2.75) is 70.3 Å². The van der Waals surface area contributed by atoms with E-state index < -0.39 is 24.3 Å². The monoisotopic (exact) mass is 672 g/mol. The maximum absolute atomic E-state index is 13.0. The van der Waals surface area contributed by atoms with E-state index in [-0.39, 0.29) is 23.7 Å². The molecule has 1 fully saturated rings. The van der Waals surface area contributed by atoms with Gasteiger partial charge in [-0.2, -0.15) is 26.3 Å². The van der Waals surface area contributed by atoms with Crippen molar-refractivity contribution < 1.29 is 66.0 Å². The van der Waals surface area contributed by atoms with E-state index in [9.17, 15) is 35.9 Å². The molecule has 1 amide bonds. The summed E-state index contributed by atoms with van der Waals surface area (Å²) in [7, 11) is 2.18. The van der Waals surface area contributed by atoms with E-state index in [1.165, 1.54) is 4.90 Å². The number of hydrogen-bond acceptors (Lipinski definition) is 7. The van der Waals surface area contributed by atoms with Gasteiger partial charge in [0.25, 0.3) is 0 Å². The van der Waals surface area contributed by atoms with Crippen LogP contribution in [0.15, 0.2) is 35.5 Å². The number of unbranched alkanes of at least 4 members (excludes halogenated alkanes) is 2. The summed E-state index contributed by atoms with van der Waals surface area (Å²) in [6, 6.07) is 7.62. The number of ketones is 1. The lowest BCUT2D eigenvalue weighted by Crippen LogP contribution is -3.10. The van der Waals surface area contributed by atoms with Crippen molar-refractivity contribution in [3.05, 3.63) is 41.1 Å². The number of aliphatic carboxylic acids is 2. The molecule has 1 saturated heterocycles. The molecule has 2 heterocycles. The lowest BCUT2D eigenvalue weighted by Gasteiger charge is -2.27. The van der Waals surface area contributed by atoms with Crippen LogP contribution in [0.2, 0.25) is 5.02 Å². The highest BCUT2D eigenvalue weighted by molar-refractivity contribution is 6.30. The summed E-state index contributed by atoms with van der Waals surface area (Å²) in [6.45, 7) is 3.73. The van der Waals surface area contributed by atoms with Crippen LogP contribution in [-0.2, 0) is 19.2 Å². The van der Waals surface area contributed by atoms with E-state index in [0.29, 0.717) is 11.4 Å². The fraction of sp³-hybridized carbons (Fsp3) is 0.536. The van der Waals surface area contributed by atoms with Gasteiger partial charge in [-0.25, -0.2) is 4.99 Å². The number of Topliss-reactive ketones (excluding diaryl/α,β-unsaturated/α-hetero) is 1. The van der Waals surface area contributed by atoms with E-state index in [2.05, 4.69) is 22.7 Å². The van der Waals surface area contributed by atoms with Crippen molar-refractivity contribution in [2.24, 2.45) is 10.9 Å². The van der Waals surface area contributed by atoms with E-state index in [1.807, 2.05) is 30.5 Å². The molecule has 1 atom stereocenters. The molecule has 1 unspecified atom stereocenters. The van der Waals surface area contributed by atoms with Gasteiger partial charge in [0, 0.05) is 35.8 Å². The number of hydrogen-bond donors (Lipinski definition) is 3. The number of carbonyl (C=O) groups is 4. The second kappa shape index (κ2) is 18.5. The minimum Gasteiger partial charge on any atom is -0.542 e. The van der Waals surface area contributed by atoms with Gasteiger partial charge in [-0.3, -0.25) is 10.1 Å². The standard InChI is InChI=1S/C24H33ClN4O2.2C2HF3O2/c1-17(30)6-4-3-5-7-21(28-24(31)19-12-14-29(2)15-13-19)23-26-16-22(27-23)18-8-10-20(25)11-9-18;2*3-2(4,5)1(6)7/h8-11,16,19,21H,3-7,12-15H2,1-2H3,(H,26,27)(H,28,31);2*(H,6,7). The molecule has 17 heteroatoms. The van der Waals surface area contributed by atoms with E-state index in [1.54, 1.807) is 6.92 Å². The number of carboxylic acid groups (broad SMARTS) is 2. The quantitative estimate of drug-likeness (QED) is 0.237. The summed E-state index contributed by atoms with van der Waals surface area (Å²) in [5.41, 5.74) is 2.10. The summed E-state index contributed by atoms with van der Waals surface area (Å²) in [5.74, 6) is -4.63. The van der Waals surface area contributed by atoms with Crippen molar-refractivity contribution in [1.29, 1.82) is 0 Å². The molecule has 1 aromatic rings. The number of rotatable bonds is 10. The first kappa shape index (κ1) is 39.5. The predicted molar refractivity (Wildman–Crippen MR) is 146 cm³/mol. The van der Waals surface area contributed by atoms with Crippen LogP contribution < -0.4 is 25.7 Å². The summed E-state index contributed by atoms with van der Waals surface area (Å²) in [4.78, 5) is 47.9. The zero-order valence-corrected chi connectivity index (χ0v) is 25.3. The first-order chi connectivity index (χ1) is 20.8. The Morgan fingerprint density at radius 2 is 1.49 bits per heavy atom. The minimum atomic E-state index is -5.19. The number of halogens is 7. The van der Waals surface area contributed by atoms with E-state index in [4.69, 9.17) is 31.4 Å². The molecule has 10 nitrogen and oxygen atoms in total. The topological polar surface area (TPSA) is 160 Å². The third-order valence-electron chi connectivity index (χ3n) is 6.70. The Labute approximate surface area is 260 Å². The molecule has 1 aromatic carbocycles. The fourth-order valence-electron chi connectivity index (χ4n) is 4.22. The molecule has 0 saturated carbocycles. The van der Waals surface area contributed by atoms with Gasteiger partial charge in [-0.05, 0) is 44.0 Å². The molecule has 0 bridgehead atoms.